The highest BCUT2D eigenvalue weighted by Gasteiger charge is 2.47. The van der Waals surface area contributed by atoms with Crippen molar-refractivity contribution in [2.45, 2.75) is 31.9 Å². The Morgan fingerprint density at radius 1 is 1.16 bits per heavy atom. The second-order valence-corrected chi connectivity index (χ2v) is 9.99. The number of ether oxygens (including phenoxy) is 1. The Hall–Kier alpha value is -3.67. The third-order valence-corrected chi connectivity index (χ3v) is 7.98. The molecule has 3 N–H and O–H groups in total. The Morgan fingerprint density at radius 2 is 1.97 bits per heavy atom. The van der Waals surface area contributed by atoms with Gasteiger partial charge in [-0.15, -0.1) is 0 Å². The Labute approximate surface area is 216 Å². The van der Waals surface area contributed by atoms with Crippen LogP contribution >= 0.6 is 11.6 Å². The van der Waals surface area contributed by atoms with Gasteiger partial charge in [-0.2, -0.15) is 0 Å². The lowest BCUT2D eigenvalue weighted by Gasteiger charge is -2.41. The molecule has 0 saturated carbocycles. The van der Waals surface area contributed by atoms with E-state index in [2.05, 4.69) is 29.8 Å². The highest BCUT2D eigenvalue weighted by atomic mass is 35.5. The molecule has 2 aliphatic rings. The molecule has 1 aromatic carbocycles. The first-order valence-electron chi connectivity index (χ1n) is 12.1. The summed E-state index contributed by atoms with van der Waals surface area (Å²) >= 11 is 6.63. The second-order valence-electron chi connectivity index (χ2n) is 9.62. The van der Waals surface area contributed by atoms with Gasteiger partial charge in [0.1, 0.15) is 5.82 Å². The van der Waals surface area contributed by atoms with Crippen LogP contribution in [0, 0.1) is 5.41 Å². The Balaban J connectivity index is 1.34. The van der Waals surface area contributed by atoms with Crippen molar-refractivity contribution in [3.05, 3.63) is 68.8 Å². The minimum Gasteiger partial charge on any atom is -0.376 e. The summed E-state index contributed by atoms with van der Waals surface area (Å²) in [6, 6.07) is 5.04. The number of rotatable bonds is 3. The topological polar surface area (TPSA) is 145 Å². The van der Waals surface area contributed by atoms with Gasteiger partial charge in [-0.3, -0.25) is 19.7 Å². The first kappa shape index (κ1) is 23.7. The fourth-order valence-electron chi connectivity index (χ4n) is 5.33. The number of nitrogens with two attached hydrogens (primary N) is 1. The number of nitrogens with one attached hydrogen (secondary N) is 1. The van der Waals surface area contributed by atoms with E-state index in [1.54, 1.807) is 43.0 Å². The van der Waals surface area contributed by atoms with Crippen molar-refractivity contribution in [3.63, 3.8) is 0 Å². The van der Waals surface area contributed by atoms with Gasteiger partial charge in [0.25, 0.3) is 5.56 Å². The Morgan fingerprint density at radius 3 is 2.68 bits per heavy atom. The van der Waals surface area contributed by atoms with Crippen LogP contribution in [-0.2, 0) is 4.74 Å². The van der Waals surface area contributed by atoms with Crippen LogP contribution in [-0.4, -0.2) is 61.3 Å². The number of aromatic nitrogens is 6. The summed E-state index contributed by atoms with van der Waals surface area (Å²) in [5.74, 6) is 0.596. The number of hydrogen-bond donors (Lipinski definition) is 2. The summed E-state index contributed by atoms with van der Waals surface area (Å²) < 4.78 is 6.77. The highest BCUT2D eigenvalue weighted by Crippen LogP contribution is 2.41. The molecule has 3 aromatic heterocycles. The van der Waals surface area contributed by atoms with Crippen molar-refractivity contribution >= 4 is 28.6 Å². The molecule has 37 heavy (non-hydrogen) atoms. The summed E-state index contributed by atoms with van der Waals surface area (Å²) in [7, 11) is 0. The van der Waals surface area contributed by atoms with Crippen LogP contribution in [0.2, 0.25) is 5.02 Å². The van der Waals surface area contributed by atoms with Crippen LogP contribution in [0.5, 0.6) is 0 Å². The molecule has 1 spiro atoms. The molecule has 12 heteroatoms. The van der Waals surface area contributed by atoms with E-state index >= 15 is 0 Å². The predicted molar refractivity (Wildman–Crippen MR) is 139 cm³/mol. The van der Waals surface area contributed by atoms with Gasteiger partial charge in [0, 0.05) is 42.5 Å². The molecule has 0 radical (unpaired) electrons. The number of halogens is 1. The fraction of sp³-hybridized carbons (Fsp3) is 0.360. The molecule has 0 aliphatic carbocycles. The molecular weight excluding hydrogens is 496 g/mol. The summed E-state index contributed by atoms with van der Waals surface area (Å²) in [5, 5.41) is 0.199. The molecule has 2 aliphatic heterocycles. The Bertz CT molecular complexity index is 1600. The van der Waals surface area contributed by atoms with E-state index in [1.165, 1.54) is 0 Å². The van der Waals surface area contributed by atoms with Crippen LogP contribution in [0.3, 0.4) is 0 Å². The normalized spacial score (nSPS) is 21.1. The number of H-pyrrole nitrogens is 1. The van der Waals surface area contributed by atoms with E-state index in [0.717, 1.165) is 30.5 Å². The molecule has 2 fully saturated rings. The van der Waals surface area contributed by atoms with E-state index in [1.807, 2.05) is 6.92 Å². The van der Waals surface area contributed by atoms with Crippen molar-refractivity contribution in [2.75, 3.05) is 24.6 Å². The maximum Gasteiger partial charge on any atom is 0.334 e. The second kappa shape index (κ2) is 9.02. The number of aromatic amines is 1. The van der Waals surface area contributed by atoms with Gasteiger partial charge in [0.15, 0.2) is 11.2 Å². The Kier molecular flexibility index (Phi) is 5.78. The SMILES string of the molecule is C[C@@H]1OCC2(CCN(c3cnc4c(=O)n(-c5cccc(-c6cnccn6)c5Cl)c(=O)[nH]c4n3)CC2)[C@@H]1N. The van der Waals surface area contributed by atoms with Gasteiger partial charge in [0.05, 0.1) is 41.5 Å². The molecule has 4 aromatic rings. The number of hydrogen-bond acceptors (Lipinski definition) is 9. The van der Waals surface area contributed by atoms with Crippen LogP contribution in [0.4, 0.5) is 5.82 Å². The van der Waals surface area contributed by atoms with Crippen molar-refractivity contribution in [1.29, 1.82) is 0 Å². The number of benzene rings is 1. The van der Waals surface area contributed by atoms with E-state index in [0.29, 0.717) is 23.7 Å². The quantitative estimate of drug-likeness (QED) is 0.413. The molecule has 2 atom stereocenters. The number of anilines is 1. The van der Waals surface area contributed by atoms with Crippen LogP contribution in [0.1, 0.15) is 19.8 Å². The fourth-order valence-corrected chi connectivity index (χ4v) is 5.64. The van der Waals surface area contributed by atoms with Crippen molar-refractivity contribution in [3.8, 4) is 16.9 Å². The average Bonchev–Trinajstić information content (AvgIpc) is 3.18. The van der Waals surface area contributed by atoms with E-state index in [-0.39, 0.29) is 39.4 Å². The molecule has 6 rings (SSSR count). The lowest BCUT2D eigenvalue weighted by atomic mass is 9.73. The molecule has 190 valence electrons. The van der Waals surface area contributed by atoms with Gasteiger partial charge >= 0.3 is 5.69 Å². The minimum absolute atomic E-state index is 0.00595. The zero-order chi connectivity index (χ0) is 25.7. The number of piperidine rings is 1. The molecule has 11 nitrogen and oxygen atoms in total. The third-order valence-electron chi connectivity index (χ3n) is 7.58. The zero-order valence-electron chi connectivity index (χ0n) is 20.1. The summed E-state index contributed by atoms with van der Waals surface area (Å²) in [6.07, 6.45) is 8.01. The van der Waals surface area contributed by atoms with Crippen LogP contribution in [0.15, 0.2) is 52.6 Å². The maximum absolute atomic E-state index is 13.4. The molecule has 0 amide bonds. The van der Waals surface area contributed by atoms with E-state index < -0.39 is 11.2 Å². The predicted octanol–water partition coefficient (Wildman–Crippen LogP) is 1.91. The van der Waals surface area contributed by atoms with Crippen molar-refractivity contribution in [1.82, 2.24) is 29.5 Å². The first-order chi connectivity index (χ1) is 17.9. The third kappa shape index (κ3) is 3.90. The van der Waals surface area contributed by atoms with Gasteiger partial charge in [-0.25, -0.2) is 19.3 Å². The molecule has 5 heterocycles. The van der Waals surface area contributed by atoms with Gasteiger partial charge in [-0.05, 0) is 25.8 Å². The van der Waals surface area contributed by atoms with Crippen molar-refractivity contribution < 1.29 is 4.74 Å². The van der Waals surface area contributed by atoms with E-state index in [9.17, 15) is 9.59 Å². The standard InChI is InChI=1S/C25H25ClN8O3/c1-14-21(27)25(13-37-14)5-9-33(10-6-25)18-12-30-20-22(31-18)32-24(36)34(23(20)35)17-4-2-3-15(19(17)26)16-11-28-7-8-29-16/h2-4,7-8,11-12,14,21H,5-6,9-10,13,27H2,1H3,(H,31,32,36)/t14-,21+/m0/s1. The van der Waals surface area contributed by atoms with Crippen LogP contribution in [0.25, 0.3) is 28.1 Å². The zero-order valence-corrected chi connectivity index (χ0v) is 20.9. The summed E-state index contributed by atoms with van der Waals surface area (Å²) in [5.41, 5.74) is 6.57. The summed E-state index contributed by atoms with van der Waals surface area (Å²) in [4.78, 5) is 48.6. The van der Waals surface area contributed by atoms with Gasteiger partial charge in [0.2, 0.25) is 0 Å². The molecule has 2 saturated heterocycles. The monoisotopic (exact) mass is 520 g/mol. The average molecular weight is 521 g/mol. The first-order valence-corrected chi connectivity index (χ1v) is 12.5. The largest absolute Gasteiger partial charge is 0.376 e. The van der Waals surface area contributed by atoms with Gasteiger partial charge in [-0.1, -0.05) is 23.7 Å². The lowest BCUT2D eigenvalue weighted by Crippen LogP contribution is -2.50. The number of nitrogens with zero attached hydrogens (tertiary/aromatic N) is 6. The van der Waals surface area contributed by atoms with Crippen LogP contribution < -0.4 is 21.9 Å². The van der Waals surface area contributed by atoms with Gasteiger partial charge < -0.3 is 15.4 Å². The minimum atomic E-state index is -0.664. The maximum atomic E-state index is 13.4. The lowest BCUT2D eigenvalue weighted by molar-refractivity contribution is 0.0974. The summed E-state index contributed by atoms with van der Waals surface area (Å²) in [6.45, 7) is 4.15. The molecule has 0 bridgehead atoms. The smallest absolute Gasteiger partial charge is 0.334 e. The molecular formula is C25H25ClN8O3. The van der Waals surface area contributed by atoms with E-state index in [4.69, 9.17) is 22.1 Å². The molecule has 0 unspecified atom stereocenters. The number of fused-ring (bicyclic) bond motifs is 1. The van der Waals surface area contributed by atoms with Crippen molar-refractivity contribution in [2.24, 2.45) is 11.1 Å². The highest BCUT2D eigenvalue weighted by molar-refractivity contribution is 6.35.